The molecule has 0 spiro atoms. The van der Waals surface area contributed by atoms with Gasteiger partial charge in [0.2, 0.25) is 17.7 Å². The van der Waals surface area contributed by atoms with Gasteiger partial charge in [0.25, 0.3) is 0 Å². The lowest BCUT2D eigenvalue weighted by Crippen LogP contribution is -2.49. The Kier molecular flexibility index (Phi) is 6.48. The van der Waals surface area contributed by atoms with Gasteiger partial charge in [0.05, 0.1) is 11.8 Å². The fraction of sp³-hybridized carbons (Fsp3) is 0.583. The Labute approximate surface area is 188 Å². The van der Waals surface area contributed by atoms with Gasteiger partial charge in [-0.2, -0.15) is 0 Å². The Balaban J connectivity index is 1.30. The average molecular weight is 442 g/mol. The van der Waals surface area contributed by atoms with Crippen molar-refractivity contribution in [2.24, 2.45) is 17.8 Å². The minimum absolute atomic E-state index is 0.0113. The van der Waals surface area contributed by atoms with Gasteiger partial charge in [-0.05, 0) is 44.7 Å². The normalized spacial score (nSPS) is 24.7. The van der Waals surface area contributed by atoms with Crippen molar-refractivity contribution in [2.45, 2.75) is 39.0 Å². The summed E-state index contributed by atoms with van der Waals surface area (Å²) in [5.74, 6) is -1.86. The van der Waals surface area contributed by atoms with Crippen LogP contribution in [-0.2, 0) is 19.2 Å². The maximum absolute atomic E-state index is 13.1. The van der Waals surface area contributed by atoms with Gasteiger partial charge in [0.1, 0.15) is 0 Å². The van der Waals surface area contributed by atoms with Gasteiger partial charge >= 0.3 is 5.97 Å². The lowest BCUT2D eigenvalue weighted by Gasteiger charge is -2.37. The van der Waals surface area contributed by atoms with Crippen LogP contribution in [0.3, 0.4) is 0 Å². The Hall–Kier alpha value is -2.90. The monoisotopic (exact) mass is 441 g/mol. The molecular weight excluding hydrogens is 410 g/mol. The number of amides is 3. The summed E-state index contributed by atoms with van der Waals surface area (Å²) in [5, 5.41) is 9.26. The predicted molar refractivity (Wildman–Crippen MR) is 118 cm³/mol. The molecule has 1 N–H and O–H groups in total. The summed E-state index contributed by atoms with van der Waals surface area (Å²) in [4.78, 5) is 54.9. The first-order valence-electron chi connectivity index (χ1n) is 11.5. The minimum atomic E-state index is -0.839. The van der Waals surface area contributed by atoms with E-state index in [9.17, 15) is 24.3 Å². The van der Waals surface area contributed by atoms with Gasteiger partial charge < -0.3 is 19.8 Å². The Morgan fingerprint density at radius 1 is 0.844 bits per heavy atom. The Morgan fingerprint density at radius 3 is 2.16 bits per heavy atom. The molecule has 0 radical (unpaired) electrons. The number of aliphatic carboxylic acids is 1. The number of nitrogens with zero attached hydrogens (tertiary/aromatic N) is 3. The topological polar surface area (TPSA) is 98.2 Å². The van der Waals surface area contributed by atoms with Crippen molar-refractivity contribution in [3.05, 3.63) is 29.8 Å². The van der Waals surface area contributed by atoms with Crippen LogP contribution in [0.5, 0.6) is 0 Å². The number of carbonyl (C=O) groups is 4. The molecule has 8 nitrogen and oxygen atoms in total. The predicted octanol–water partition coefficient (Wildman–Crippen LogP) is 1.91. The first-order chi connectivity index (χ1) is 15.3. The zero-order valence-electron chi connectivity index (χ0n) is 18.5. The molecule has 0 unspecified atom stereocenters. The van der Waals surface area contributed by atoms with Gasteiger partial charge in [0.15, 0.2) is 0 Å². The maximum atomic E-state index is 13.1. The molecule has 8 heteroatoms. The summed E-state index contributed by atoms with van der Waals surface area (Å²) in [5.41, 5.74) is 1.94. The van der Waals surface area contributed by atoms with E-state index in [1.54, 1.807) is 14.7 Å². The van der Waals surface area contributed by atoms with E-state index < -0.39 is 11.9 Å². The number of likely N-dealkylation sites (tertiary alicyclic amines) is 2. The van der Waals surface area contributed by atoms with Crippen LogP contribution in [0.25, 0.3) is 0 Å². The maximum Gasteiger partial charge on any atom is 0.308 e. The van der Waals surface area contributed by atoms with Crippen molar-refractivity contribution >= 4 is 29.4 Å². The second-order valence-electron chi connectivity index (χ2n) is 9.30. The van der Waals surface area contributed by atoms with Crippen molar-refractivity contribution < 1.29 is 24.3 Å². The van der Waals surface area contributed by atoms with Crippen molar-refractivity contribution in [2.75, 3.05) is 37.6 Å². The zero-order valence-corrected chi connectivity index (χ0v) is 18.5. The number of hydrogen-bond donors (Lipinski definition) is 1. The molecule has 3 amide bonds. The van der Waals surface area contributed by atoms with E-state index in [0.29, 0.717) is 51.9 Å². The van der Waals surface area contributed by atoms with Crippen LogP contribution in [0.15, 0.2) is 24.3 Å². The molecule has 3 saturated heterocycles. The van der Waals surface area contributed by atoms with Crippen LogP contribution in [-0.4, -0.2) is 71.3 Å². The molecular formula is C24H31N3O5. The Morgan fingerprint density at radius 2 is 1.50 bits per heavy atom. The van der Waals surface area contributed by atoms with Gasteiger partial charge in [-0.1, -0.05) is 17.7 Å². The number of carboxylic acid groups (broad SMARTS) is 1. The zero-order chi connectivity index (χ0) is 22.8. The lowest BCUT2D eigenvalue weighted by molar-refractivity contribution is -0.148. The molecule has 0 bridgehead atoms. The smallest absolute Gasteiger partial charge is 0.308 e. The highest BCUT2D eigenvalue weighted by Crippen LogP contribution is 2.29. The van der Waals surface area contributed by atoms with E-state index in [1.165, 1.54) is 0 Å². The third-order valence-corrected chi connectivity index (χ3v) is 7.06. The SMILES string of the molecule is Cc1ccc(N2C[C@@H](C(=O)N3CCC(C(=O)N4CCC[C@H](C(=O)O)C4)CC3)CC2=O)cc1. The highest BCUT2D eigenvalue weighted by molar-refractivity contribution is 6.00. The molecule has 0 saturated carbocycles. The first kappa shape index (κ1) is 22.3. The fourth-order valence-electron chi connectivity index (χ4n) is 5.09. The third-order valence-electron chi connectivity index (χ3n) is 7.06. The van der Waals surface area contributed by atoms with E-state index in [0.717, 1.165) is 11.3 Å². The minimum Gasteiger partial charge on any atom is -0.481 e. The van der Waals surface area contributed by atoms with Gasteiger partial charge in [0, 0.05) is 50.7 Å². The summed E-state index contributed by atoms with van der Waals surface area (Å²) in [6, 6.07) is 7.74. The lowest BCUT2D eigenvalue weighted by atomic mass is 9.91. The number of anilines is 1. The number of aryl methyl sites for hydroxylation is 1. The molecule has 1 aromatic carbocycles. The largest absolute Gasteiger partial charge is 0.481 e. The van der Waals surface area contributed by atoms with Crippen LogP contribution in [0.4, 0.5) is 5.69 Å². The summed E-state index contributed by atoms with van der Waals surface area (Å²) in [6.07, 6.45) is 2.72. The number of hydrogen-bond acceptors (Lipinski definition) is 4. The van der Waals surface area contributed by atoms with E-state index in [4.69, 9.17) is 0 Å². The van der Waals surface area contributed by atoms with E-state index >= 15 is 0 Å². The molecule has 0 aliphatic carbocycles. The van der Waals surface area contributed by atoms with Crippen molar-refractivity contribution in [1.29, 1.82) is 0 Å². The average Bonchev–Trinajstić information content (AvgIpc) is 3.20. The Bertz CT molecular complexity index is 891. The van der Waals surface area contributed by atoms with Crippen LogP contribution in [0.1, 0.15) is 37.7 Å². The van der Waals surface area contributed by atoms with Gasteiger partial charge in [-0.15, -0.1) is 0 Å². The molecule has 3 heterocycles. The number of carbonyl (C=O) groups excluding carboxylic acids is 3. The summed E-state index contributed by atoms with van der Waals surface area (Å²) in [7, 11) is 0. The first-order valence-corrected chi connectivity index (χ1v) is 11.5. The van der Waals surface area contributed by atoms with Crippen LogP contribution >= 0.6 is 0 Å². The number of carboxylic acids is 1. The number of benzene rings is 1. The summed E-state index contributed by atoms with van der Waals surface area (Å²) < 4.78 is 0. The molecule has 3 aliphatic rings. The van der Waals surface area contributed by atoms with Crippen LogP contribution < -0.4 is 4.90 Å². The highest BCUT2D eigenvalue weighted by Gasteiger charge is 2.39. The number of piperidine rings is 2. The molecule has 32 heavy (non-hydrogen) atoms. The van der Waals surface area contributed by atoms with E-state index in [-0.39, 0.29) is 42.5 Å². The van der Waals surface area contributed by atoms with Crippen LogP contribution in [0.2, 0.25) is 0 Å². The summed E-state index contributed by atoms with van der Waals surface area (Å²) >= 11 is 0. The van der Waals surface area contributed by atoms with Crippen molar-refractivity contribution in [1.82, 2.24) is 9.80 Å². The molecule has 4 rings (SSSR count). The van der Waals surface area contributed by atoms with Crippen molar-refractivity contribution in [3.8, 4) is 0 Å². The van der Waals surface area contributed by atoms with Gasteiger partial charge in [-0.3, -0.25) is 19.2 Å². The second kappa shape index (κ2) is 9.30. The van der Waals surface area contributed by atoms with Crippen LogP contribution in [0, 0.1) is 24.7 Å². The second-order valence-corrected chi connectivity index (χ2v) is 9.30. The third kappa shape index (κ3) is 4.64. The van der Waals surface area contributed by atoms with Gasteiger partial charge in [-0.25, -0.2) is 0 Å². The quantitative estimate of drug-likeness (QED) is 0.770. The standard InChI is InChI=1S/C24H31N3O5/c1-16-4-6-20(7-5-16)27-15-19(13-21(27)28)23(30)25-11-8-17(9-12-25)22(29)26-10-2-3-18(14-26)24(31)32/h4-7,17-19H,2-3,8-15H2,1H3,(H,31,32)/t18-,19-/m0/s1. The molecule has 2 atom stereocenters. The molecule has 172 valence electrons. The van der Waals surface area contributed by atoms with Crippen molar-refractivity contribution in [3.63, 3.8) is 0 Å². The highest BCUT2D eigenvalue weighted by atomic mass is 16.4. The van der Waals surface area contributed by atoms with E-state index in [2.05, 4.69) is 0 Å². The molecule has 1 aromatic rings. The fourth-order valence-corrected chi connectivity index (χ4v) is 5.09. The molecule has 3 fully saturated rings. The molecule has 3 aliphatic heterocycles. The number of rotatable bonds is 4. The summed E-state index contributed by atoms with van der Waals surface area (Å²) in [6.45, 7) is 4.28. The molecule has 0 aromatic heterocycles. The van der Waals surface area contributed by atoms with E-state index in [1.807, 2.05) is 31.2 Å².